The number of nitrogens with two attached hydrogens (primary N) is 1. The zero-order valence-corrected chi connectivity index (χ0v) is 13.2. The summed E-state index contributed by atoms with van der Waals surface area (Å²) in [6.07, 6.45) is 5.92. The van der Waals surface area contributed by atoms with Gasteiger partial charge in [0.05, 0.1) is 11.4 Å². The van der Waals surface area contributed by atoms with Gasteiger partial charge in [-0.1, -0.05) is 19.8 Å². The second-order valence-corrected chi connectivity index (χ2v) is 5.70. The Kier molecular flexibility index (Phi) is 5.61. The van der Waals surface area contributed by atoms with Crippen LogP contribution in [0.25, 0.3) is 0 Å². The molecule has 0 unspecified atom stereocenters. The Bertz CT molecular complexity index is 475. The molecule has 1 aliphatic rings. The second-order valence-electron chi connectivity index (χ2n) is 5.70. The summed E-state index contributed by atoms with van der Waals surface area (Å²) in [5.41, 5.74) is 7.76. The van der Waals surface area contributed by atoms with Crippen LogP contribution in [0.1, 0.15) is 48.8 Å². The smallest absolute Gasteiger partial charge is 0.271 e. The van der Waals surface area contributed by atoms with Gasteiger partial charge in [0.2, 0.25) is 0 Å². The lowest BCUT2D eigenvalue weighted by molar-refractivity contribution is 0.0940. The summed E-state index contributed by atoms with van der Waals surface area (Å²) in [5.74, 6) is -0.128. The standard InChI is InChI=1S/C15H27N5O/c1-3-12-13(16)14(19(2)18-12)15(21)17-8-11-20-9-6-4-5-7-10-20/h3-11,16H2,1-2H3,(H,17,21). The van der Waals surface area contributed by atoms with Crippen LogP contribution in [0.2, 0.25) is 0 Å². The van der Waals surface area contributed by atoms with Crippen molar-refractivity contribution in [3.05, 3.63) is 11.4 Å². The number of hydrogen-bond donors (Lipinski definition) is 2. The minimum atomic E-state index is -0.128. The minimum absolute atomic E-state index is 0.128. The second kappa shape index (κ2) is 7.45. The van der Waals surface area contributed by atoms with Crippen LogP contribution in [-0.2, 0) is 13.5 Å². The van der Waals surface area contributed by atoms with Gasteiger partial charge in [-0.3, -0.25) is 9.48 Å². The fourth-order valence-electron chi connectivity index (χ4n) is 2.90. The minimum Gasteiger partial charge on any atom is -0.395 e. The molecule has 0 radical (unpaired) electrons. The van der Waals surface area contributed by atoms with E-state index in [4.69, 9.17) is 5.73 Å². The van der Waals surface area contributed by atoms with Crippen molar-refractivity contribution in [3.8, 4) is 0 Å². The highest BCUT2D eigenvalue weighted by molar-refractivity contribution is 5.97. The number of rotatable bonds is 5. The number of nitrogens with one attached hydrogen (secondary N) is 1. The molecule has 21 heavy (non-hydrogen) atoms. The van der Waals surface area contributed by atoms with Gasteiger partial charge in [0, 0.05) is 20.1 Å². The lowest BCUT2D eigenvalue weighted by Crippen LogP contribution is -2.36. The van der Waals surface area contributed by atoms with Crippen LogP contribution >= 0.6 is 0 Å². The van der Waals surface area contributed by atoms with Crippen molar-refractivity contribution in [2.45, 2.75) is 39.0 Å². The predicted molar refractivity (Wildman–Crippen MR) is 84.2 cm³/mol. The number of carbonyl (C=O) groups is 1. The van der Waals surface area contributed by atoms with E-state index >= 15 is 0 Å². The first-order valence-corrected chi connectivity index (χ1v) is 7.95. The van der Waals surface area contributed by atoms with Crippen molar-refractivity contribution in [2.75, 3.05) is 31.9 Å². The Morgan fingerprint density at radius 3 is 2.52 bits per heavy atom. The third-order valence-electron chi connectivity index (χ3n) is 4.12. The largest absolute Gasteiger partial charge is 0.395 e. The van der Waals surface area contributed by atoms with Crippen LogP contribution in [0.3, 0.4) is 0 Å². The first-order valence-electron chi connectivity index (χ1n) is 7.95. The molecular formula is C15H27N5O. The molecular weight excluding hydrogens is 266 g/mol. The highest BCUT2D eigenvalue weighted by Gasteiger charge is 2.19. The molecule has 0 bridgehead atoms. The summed E-state index contributed by atoms with van der Waals surface area (Å²) in [7, 11) is 1.76. The van der Waals surface area contributed by atoms with Gasteiger partial charge in [0.1, 0.15) is 5.69 Å². The predicted octanol–water partition coefficient (Wildman–Crippen LogP) is 1.17. The molecule has 0 spiro atoms. The third kappa shape index (κ3) is 3.97. The average Bonchev–Trinajstić information content (AvgIpc) is 2.65. The molecule has 1 aromatic rings. The van der Waals surface area contributed by atoms with Crippen LogP contribution in [-0.4, -0.2) is 46.8 Å². The van der Waals surface area contributed by atoms with Crippen molar-refractivity contribution >= 4 is 11.6 Å². The normalized spacial score (nSPS) is 16.7. The third-order valence-corrected chi connectivity index (χ3v) is 4.12. The zero-order valence-electron chi connectivity index (χ0n) is 13.2. The van der Waals surface area contributed by atoms with E-state index in [0.29, 0.717) is 17.9 Å². The highest BCUT2D eigenvalue weighted by atomic mass is 16.2. The summed E-state index contributed by atoms with van der Waals surface area (Å²) in [6, 6.07) is 0. The lowest BCUT2D eigenvalue weighted by Gasteiger charge is -2.19. The number of aryl methyl sites for hydroxylation is 2. The molecule has 6 nitrogen and oxygen atoms in total. The molecule has 0 aliphatic carbocycles. The molecule has 0 atom stereocenters. The zero-order chi connectivity index (χ0) is 15.2. The summed E-state index contributed by atoms with van der Waals surface area (Å²) < 4.78 is 1.58. The lowest BCUT2D eigenvalue weighted by atomic mass is 10.2. The molecule has 3 N–H and O–H groups in total. The summed E-state index contributed by atoms with van der Waals surface area (Å²) in [6.45, 7) is 5.84. The van der Waals surface area contributed by atoms with Gasteiger partial charge in [-0.05, 0) is 32.4 Å². The topological polar surface area (TPSA) is 76.2 Å². The first-order chi connectivity index (χ1) is 10.1. The Morgan fingerprint density at radius 1 is 1.29 bits per heavy atom. The number of nitrogens with zero attached hydrogens (tertiary/aromatic N) is 3. The molecule has 1 aliphatic heterocycles. The molecule has 1 amide bonds. The number of nitrogen functional groups attached to an aromatic ring is 1. The van der Waals surface area contributed by atoms with Crippen molar-refractivity contribution in [1.29, 1.82) is 0 Å². The highest BCUT2D eigenvalue weighted by Crippen LogP contribution is 2.16. The van der Waals surface area contributed by atoms with Gasteiger partial charge in [-0.25, -0.2) is 0 Å². The van der Waals surface area contributed by atoms with E-state index in [0.717, 1.165) is 31.7 Å². The number of likely N-dealkylation sites (tertiary alicyclic amines) is 1. The van der Waals surface area contributed by atoms with Crippen molar-refractivity contribution < 1.29 is 4.79 Å². The van der Waals surface area contributed by atoms with Crippen LogP contribution in [0, 0.1) is 0 Å². The number of aromatic nitrogens is 2. The van der Waals surface area contributed by atoms with Crippen LogP contribution in [0.4, 0.5) is 5.69 Å². The molecule has 2 rings (SSSR count). The molecule has 118 valence electrons. The van der Waals surface area contributed by atoms with E-state index in [1.807, 2.05) is 6.92 Å². The van der Waals surface area contributed by atoms with Gasteiger partial charge in [-0.15, -0.1) is 0 Å². The molecule has 6 heteroatoms. The fourth-order valence-corrected chi connectivity index (χ4v) is 2.90. The van der Waals surface area contributed by atoms with E-state index < -0.39 is 0 Å². The molecule has 2 heterocycles. The van der Waals surface area contributed by atoms with Crippen molar-refractivity contribution in [1.82, 2.24) is 20.0 Å². The Morgan fingerprint density at radius 2 is 1.95 bits per heavy atom. The average molecular weight is 293 g/mol. The Balaban J connectivity index is 1.85. The molecule has 0 aromatic carbocycles. The number of hydrogen-bond acceptors (Lipinski definition) is 4. The molecule has 1 fully saturated rings. The fraction of sp³-hybridized carbons (Fsp3) is 0.733. The van der Waals surface area contributed by atoms with E-state index in [1.165, 1.54) is 25.7 Å². The monoisotopic (exact) mass is 293 g/mol. The van der Waals surface area contributed by atoms with E-state index in [9.17, 15) is 4.79 Å². The van der Waals surface area contributed by atoms with Crippen LogP contribution in [0.15, 0.2) is 0 Å². The first kappa shape index (κ1) is 15.8. The maximum absolute atomic E-state index is 12.3. The molecule has 0 saturated carbocycles. The Labute approximate surface area is 126 Å². The van der Waals surface area contributed by atoms with E-state index in [2.05, 4.69) is 15.3 Å². The van der Waals surface area contributed by atoms with E-state index in [1.54, 1.807) is 11.7 Å². The number of amides is 1. The van der Waals surface area contributed by atoms with Gasteiger partial charge in [0.25, 0.3) is 5.91 Å². The van der Waals surface area contributed by atoms with Gasteiger partial charge in [0.15, 0.2) is 0 Å². The summed E-state index contributed by atoms with van der Waals surface area (Å²) in [5, 5.41) is 7.24. The summed E-state index contributed by atoms with van der Waals surface area (Å²) in [4.78, 5) is 14.7. The van der Waals surface area contributed by atoms with Gasteiger partial charge in [-0.2, -0.15) is 5.10 Å². The summed E-state index contributed by atoms with van der Waals surface area (Å²) >= 11 is 0. The molecule has 1 saturated heterocycles. The van der Waals surface area contributed by atoms with Crippen molar-refractivity contribution in [3.63, 3.8) is 0 Å². The van der Waals surface area contributed by atoms with Crippen LogP contribution in [0.5, 0.6) is 0 Å². The molecule has 1 aromatic heterocycles. The SMILES string of the molecule is CCc1nn(C)c(C(=O)NCCN2CCCCCC2)c1N. The van der Waals surface area contributed by atoms with Crippen LogP contribution < -0.4 is 11.1 Å². The van der Waals surface area contributed by atoms with Gasteiger partial charge >= 0.3 is 0 Å². The van der Waals surface area contributed by atoms with Gasteiger partial charge < -0.3 is 16.0 Å². The number of anilines is 1. The Hall–Kier alpha value is -1.56. The number of carbonyl (C=O) groups excluding carboxylic acids is 1. The maximum Gasteiger partial charge on any atom is 0.271 e. The maximum atomic E-state index is 12.3. The quantitative estimate of drug-likeness (QED) is 0.854. The van der Waals surface area contributed by atoms with Crippen molar-refractivity contribution in [2.24, 2.45) is 7.05 Å². The van der Waals surface area contributed by atoms with E-state index in [-0.39, 0.29) is 5.91 Å².